The number of rotatable bonds is 7. The fraction of sp³-hybridized carbons (Fsp3) is 0.211. The highest BCUT2D eigenvalue weighted by Gasteiger charge is 2.11. The van der Waals surface area contributed by atoms with Crippen molar-refractivity contribution in [2.24, 2.45) is 0 Å². The van der Waals surface area contributed by atoms with Crippen molar-refractivity contribution in [2.75, 3.05) is 25.6 Å². The molecule has 0 unspecified atom stereocenters. The van der Waals surface area contributed by atoms with Gasteiger partial charge in [-0.05, 0) is 71.6 Å². The molecule has 8 heteroatoms. The molecule has 0 aromatic heterocycles. The van der Waals surface area contributed by atoms with Crippen LogP contribution in [0.1, 0.15) is 27.1 Å². The van der Waals surface area contributed by atoms with Gasteiger partial charge in [-0.25, -0.2) is 0 Å². The Morgan fingerprint density at radius 3 is 2.63 bits per heavy atom. The minimum Gasteiger partial charge on any atom is -0.385 e. The molecular formula is C19H20IN3O3S. The molecule has 2 aromatic carbocycles. The Hall–Kier alpha value is -2.04. The monoisotopic (exact) mass is 497 g/mol. The van der Waals surface area contributed by atoms with E-state index in [0.717, 1.165) is 9.99 Å². The number of carbonyl (C=O) groups is 2. The maximum absolute atomic E-state index is 12.3. The smallest absolute Gasteiger partial charge is 0.258 e. The first kappa shape index (κ1) is 21.3. The minimum atomic E-state index is -0.287. The van der Waals surface area contributed by atoms with Crippen LogP contribution in [0.25, 0.3) is 0 Å². The average molecular weight is 497 g/mol. The minimum absolute atomic E-state index is 0.164. The molecule has 0 spiro atoms. The largest absolute Gasteiger partial charge is 0.385 e. The van der Waals surface area contributed by atoms with E-state index >= 15 is 0 Å². The third-order valence-corrected chi connectivity index (χ3v) is 4.68. The SMILES string of the molecule is COCCCNC(=O)c1cccc(NC(=S)NC(=O)c2ccccc2I)c1. The lowest BCUT2D eigenvalue weighted by atomic mass is 10.2. The van der Waals surface area contributed by atoms with Crippen LogP contribution in [0.3, 0.4) is 0 Å². The molecule has 0 heterocycles. The number of carbonyl (C=O) groups excluding carboxylic acids is 2. The molecule has 0 saturated heterocycles. The number of halogens is 1. The first-order valence-electron chi connectivity index (χ1n) is 8.25. The lowest BCUT2D eigenvalue weighted by Gasteiger charge is -2.11. The molecule has 0 aliphatic rings. The number of methoxy groups -OCH3 is 1. The topological polar surface area (TPSA) is 79.5 Å². The zero-order valence-corrected chi connectivity index (χ0v) is 17.7. The van der Waals surface area contributed by atoms with E-state index in [1.54, 1.807) is 43.5 Å². The second-order valence-corrected chi connectivity index (χ2v) is 7.14. The fourth-order valence-corrected chi connectivity index (χ4v) is 3.08. The van der Waals surface area contributed by atoms with Gasteiger partial charge in [0.1, 0.15) is 0 Å². The molecule has 0 fully saturated rings. The number of nitrogens with one attached hydrogen (secondary N) is 3. The number of ether oxygens (including phenoxy) is 1. The maximum Gasteiger partial charge on any atom is 0.258 e. The molecule has 0 atom stereocenters. The van der Waals surface area contributed by atoms with Crippen molar-refractivity contribution < 1.29 is 14.3 Å². The van der Waals surface area contributed by atoms with Gasteiger partial charge in [0.05, 0.1) is 5.56 Å². The number of amides is 2. The highest BCUT2D eigenvalue weighted by Crippen LogP contribution is 2.13. The highest BCUT2D eigenvalue weighted by molar-refractivity contribution is 14.1. The molecule has 2 amide bonds. The van der Waals surface area contributed by atoms with Crippen molar-refractivity contribution in [3.8, 4) is 0 Å². The molecule has 0 aliphatic heterocycles. The van der Waals surface area contributed by atoms with Crippen LogP contribution in [0.15, 0.2) is 48.5 Å². The third kappa shape index (κ3) is 6.89. The summed E-state index contributed by atoms with van der Waals surface area (Å²) in [5, 5.41) is 8.56. The van der Waals surface area contributed by atoms with E-state index in [9.17, 15) is 9.59 Å². The summed E-state index contributed by atoms with van der Waals surface area (Å²) in [7, 11) is 1.62. The predicted octanol–water partition coefficient (Wildman–Crippen LogP) is 3.18. The van der Waals surface area contributed by atoms with Gasteiger partial charge in [-0.1, -0.05) is 18.2 Å². The Kier molecular flexibility index (Phi) is 8.62. The van der Waals surface area contributed by atoms with Gasteiger partial charge in [-0.3, -0.25) is 14.9 Å². The van der Waals surface area contributed by atoms with Crippen molar-refractivity contribution in [1.29, 1.82) is 0 Å². The van der Waals surface area contributed by atoms with Crippen LogP contribution in [0.5, 0.6) is 0 Å². The summed E-state index contributed by atoms with van der Waals surface area (Å²) < 4.78 is 5.79. The number of thiocarbonyl (C=S) groups is 1. The van der Waals surface area contributed by atoms with E-state index in [2.05, 4.69) is 38.5 Å². The molecule has 6 nitrogen and oxygen atoms in total. The number of hydrogen-bond donors (Lipinski definition) is 3. The Morgan fingerprint density at radius 1 is 1.11 bits per heavy atom. The Bertz CT molecular complexity index is 829. The molecule has 27 heavy (non-hydrogen) atoms. The van der Waals surface area contributed by atoms with Gasteiger partial charge < -0.3 is 15.4 Å². The van der Waals surface area contributed by atoms with Crippen molar-refractivity contribution in [3.63, 3.8) is 0 Å². The van der Waals surface area contributed by atoms with Crippen LogP contribution in [0.2, 0.25) is 0 Å². The van der Waals surface area contributed by atoms with E-state index in [4.69, 9.17) is 17.0 Å². The first-order valence-corrected chi connectivity index (χ1v) is 9.74. The van der Waals surface area contributed by atoms with E-state index in [0.29, 0.717) is 30.0 Å². The van der Waals surface area contributed by atoms with Gasteiger partial charge in [-0.15, -0.1) is 0 Å². The van der Waals surface area contributed by atoms with Crippen molar-refractivity contribution in [1.82, 2.24) is 10.6 Å². The normalized spacial score (nSPS) is 10.1. The van der Waals surface area contributed by atoms with Crippen molar-refractivity contribution >= 4 is 57.4 Å². The molecule has 0 bridgehead atoms. The molecule has 0 aliphatic carbocycles. The molecule has 3 N–H and O–H groups in total. The van der Waals surface area contributed by atoms with Crippen LogP contribution < -0.4 is 16.0 Å². The van der Waals surface area contributed by atoms with Gasteiger partial charge in [0.25, 0.3) is 11.8 Å². The Labute approximate surface area is 177 Å². The summed E-state index contributed by atoms with van der Waals surface area (Å²) in [4.78, 5) is 24.5. The first-order chi connectivity index (χ1) is 13.0. The zero-order valence-electron chi connectivity index (χ0n) is 14.8. The van der Waals surface area contributed by atoms with E-state index in [1.807, 2.05) is 12.1 Å². The number of benzene rings is 2. The van der Waals surface area contributed by atoms with Crippen LogP contribution in [-0.4, -0.2) is 37.2 Å². The highest BCUT2D eigenvalue weighted by atomic mass is 127. The summed E-state index contributed by atoms with van der Waals surface area (Å²) in [5.74, 6) is -0.465. The van der Waals surface area contributed by atoms with E-state index < -0.39 is 0 Å². The third-order valence-electron chi connectivity index (χ3n) is 3.54. The quantitative estimate of drug-likeness (QED) is 0.311. The van der Waals surface area contributed by atoms with Crippen LogP contribution in [0, 0.1) is 3.57 Å². The van der Waals surface area contributed by atoms with E-state index in [1.165, 1.54) is 0 Å². The van der Waals surface area contributed by atoms with Gasteiger partial charge in [-0.2, -0.15) is 0 Å². The lowest BCUT2D eigenvalue weighted by Crippen LogP contribution is -2.34. The van der Waals surface area contributed by atoms with Crippen molar-refractivity contribution in [3.05, 3.63) is 63.2 Å². The Morgan fingerprint density at radius 2 is 1.89 bits per heavy atom. The van der Waals surface area contributed by atoms with Crippen LogP contribution in [-0.2, 0) is 4.74 Å². The maximum atomic E-state index is 12.3. The summed E-state index contributed by atoms with van der Waals surface area (Å²) in [6.07, 6.45) is 0.745. The fourth-order valence-electron chi connectivity index (χ4n) is 2.24. The van der Waals surface area contributed by atoms with Gasteiger partial charge in [0.15, 0.2) is 5.11 Å². The molecule has 2 rings (SSSR count). The van der Waals surface area contributed by atoms with Gasteiger partial charge >= 0.3 is 0 Å². The van der Waals surface area contributed by atoms with Crippen LogP contribution in [0.4, 0.5) is 5.69 Å². The number of hydrogen-bond acceptors (Lipinski definition) is 4. The molecular weight excluding hydrogens is 477 g/mol. The molecule has 142 valence electrons. The summed E-state index contributed by atoms with van der Waals surface area (Å²) in [6, 6.07) is 14.1. The predicted molar refractivity (Wildman–Crippen MR) is 118 cm³/mol. The van der Waals surface area contributed by atoms with Crippen LogP contribution >= 0.6 is 34.8 Å². The van der Waals surface area contributed by atoms with Crippen molar-refractivity contribution in [2.45, 2.75) is 6.42 Å². The average Bonchev–Trinajstić information content (AvgIpc) is 2.65. The summed E-state index contributed by atoms with van der Waals surface area (Å²) in [6.45, 7) is 1.13. The second-order valence-electron chi connectivity index (χ2n) is 5.57. The molecule has 0 saturated carbocycles. The zero-order chi connectivity index (χ0) is 19.6. The second kappa shape index (κ2) is 11.0. The van der Waals surface area contributed by atoms with Gasteiger partial charge in [0.2, 0.25) is 0 Å². The Balaban J connectivity index is 1.93. The van der Waals surface area contributed by atoms with Gasteiger partial charge in [0, 0.05) is 35.1 Å². The molecule has 2 aromatic rings. The standard InChI is InChI=1S/C19H20IN3O3S/c1-26-11-5-10-21-17(24)13-6-4-7-14(12-13)22-19(27)23-18(25)15-8-2-3-9-16(15)20/h2-4,6-9,12H,5,10-11H2,1H3,(H,21,24)(H2,22,23,25,27). The number of anilines is 1. The molecule has 0 radical (unpaired) electrons. The summed E-state index contributed by atoms with van der Waals surface area (Å²) in [5.41, 5.74) is 1.67. The van der Waals surface area contributed by atoms with E-state index in [-0.39, 0.29) is 16.9 Å². The summed E-state index contributed by atoms with van der Waals surface area (Å²) >= 11 is 7.30. The lowest BCUT2D eigenvalue weighted by molar-refractivity contribution is 0.0946.